The molecule has 1 N–H and O–H groups in total. The molecule has 0 saturated heterocycles. The number of halogens is 1. The molecule has 1 aromatic heterocycles. The lowest BCUT2D eigenvalue weighted by Crippen LogP contribution is -2.33. The number of nitrogens with zero attached hydrogens (tertiary/aromatic N) is 2. The number of nitrogens with one attached hydrogen (secondary N) is 1. The Morgan fingerprint density at radius 1 is 1.48 bits per heavy atom. The van der Waals surface area contributed by atoms with Gasteiger partial charge in [0.2, 0.25) is 10.0 Å². The van der Waals surface area contributed by atoms with Crippen LogP contribution < -0.4 is 9.46 Å². The maximum atomic E-state index is 12.5. The number of fused-ring (bicyclic) bond motifs is 1. The molecule has 1 aromatic carbocycles. The maximum Gasteiger partial charge on any atom is 0.242 e. The number of hydrogen-bond donors (Lipinski definition) is 1. The van der Waals surface area contributed by atoms with E-state index in [9.17, 15) is 8.42 Å². The Balaban J connectivity index is 1.70. The van der Waals surface area contributed by atoms with Crippen molar-refractivity contribution < 1.29 is 13.2 Å². The summed E-state index contributed by atoms with van der Waals surface area (Å²) in [5.41, 5.74) is 0. The number of aromatic nitrogens is 2. The van der Waals surface area contributed by atoms with Crippen molar-refractivity contribution >= 4 is 21.6 Å². The molecule has 3 rings (SSSR count). The van der Waals surface area contributed by atoms with Crippen molar-refractivity contribution in [3.8, 4) is 5.75 Å². The standard InChI is InChI=1S/C15H18ClN3O3S/c1-22-12-2-3-13(16)14(9-12)23(20,21)18-10-11-4-6-19-7-5-17-15(19)8-11/h2-3,5,7,9,11,18H,4,6,8,10H2,1H3. The topological polar surface area (TPSA) is 73.2 Å². The van der Waals surface area contributed by atoms with E-state index in [0.717, 1.165) is 25.2 Å². The summed E-state index contributed by atoms with van der Waals surface area (Å²) in [5.74, 6) is 1.68. The average molecular weight is 356 g/mol. The first-order chi connectivity index (χ1) is 11.0. The van der Waals surface area contributed by atoms with Gasteiger partial charge < -0.3 is 9.30 Å². The molecule has 0 amide bonds. The molecule has 1 unspecified atom stereocenters. The fourth-order valence-electron chi connectivity index (χ4n) is 2.71. The van der Waals surface area contributed by atoms with Gasteiger partial charge in [-0.15, -0.1) is 0 Å². The van der Waals surface area contributed by atoms with Gasteiger partial charge in [-0.25, -0.2) is 18.1 Å². The largest absolute Gasteiger partial charge is 0.497 e. The van der Waals surface area contributed by atoms with Gasteiger partial charge in [0.15, 0.2) is 0 Å². The van der Waals surface area contributed by atoms with E-state index in [1.807, 2.05) is 6.20 Å². The van der Waals surface area contributed by atoms with Crippen LogP contribution in [0.5, 0.6) is 5.75 Å². The van der Waals surface area contributed by atoms with E-state index in [-0.39, 0.29) is 15.8 Å². The van der Waals surface area contributed by atoms with Crippen LogP contribution in [0.2, 0.25) is 5.02 Å². The number of hydrogen-bond acceptors (Lipinski definition) is 4. The Morgan fingerprint density at radius 2 is 2.30 bits per heavy atom. The zero-order valence-electron chi connectivity index (χ0n) is 12.7. The predicted molar refractivity (Wildman–Crippen MR) is 87.2 cm³/mol. The summed E-state index contributed by atoms with van der Waals surface area (Å²) in [6, 6.07) is 4.58. The van der Waals surface area contributed by atoms with Crippen LogP contribution >= 0.6 is 11.6 Å². The van der Waals surface area contributed by atoms with Gasteiger partial charge in [0.25, 0.3) is 0 Å². The van der Waals surface area contributed by atoms with Crippen molar-refractivity contribution in [3.05, 3.63) is 41.4 Å². The number of rotatable bonds is 5. The first kappa shape index (κ1) is 16.3. The lowest BCUT2D eigenvalue weighted by molar-refractivity contribution is 0.379. The third-order valence-corrected chi connectivity index (χ3v) is 5.95. The van der Waals surface area contributed by atoms with E-state index in [0.29, 0.717) is 12.3 Å². The van der Waals surface area contributed by atoms with Crippen LogP contribution in [0.25, 0.3) is 0 Å². The van der Waals surface area contributed by atoms with Crippen molar-refractivity contribution in [3.63, 3.8) is 0 Å². The van der Waals surface area contributed by atoms with Crippen LogP contribution in [-0.4, -0.2) is 31.6 Å². The Morgan fingerprint density at radius 3 is 3.09 bits per heavy atom. The molecule has 2 aromatic rings. The fraction of sp³-hybridized carbons (Fsp3) is 0.400. The number of sulfonamides is 1. The zero-order chi connectivity index (χ0) is 16.4. The highest BCUT2D eigenvalue weighted by atomic mass is 35.5. The molecule has 124 valence electrons. The second-order valence-corrected chi connectivity index (χ2v) is 7.69. The highest BCUT2D eigenvalue weighted by molar-refractivity contribution is 7.89. The SMILES string of the molecule is COc1ccc(Cl)c(S(=O)(=O)NCC2CCn3ccnc3C2)c1. The monoisotopic (exact) mass is 355 g/mol. The van der Waals surface area contributed by atoms with E-state index in [2.05, 4.69) is 14.3 Å². The first-order valence-corrected chi connectivity index (χ1v) is 9.19. The second-order valence-electron chi connectivity index (χ2n) is 5.54. The minimum Gasteiger partial charge on any atom is -0.497 e. The third-order valence-electron chi connectivity index (χ3n) is 4.04. The average Bonchev–Trinajstić information content (AvgIpc) is 3.01. The van der Waals surface area contributed by atoms with Gasteiger partial charge in [-0.05, 0) is 24.5 Å². The van der Waals surface area contributed by atoms with Gasteiger partial charge in [0.05, 0.1) is 12.1 Å². The summed E-state index contributed by atoms with van der Waals surface area (Å²) >= 11 is 6.02. The second kappa shape index (κ2) is 6.51. The molecule has 0 fully saturated rings. The summed E-state index contributed by atoms with van der Waals surface area (Å²) in [6.45, 7) is 1.23. The summed E-state index contributed by atoms with van der Waals surface area (Å²) < 4.78 is 34.8. The van der Waals surface area contributed by atoms with E-state index in [4.69, 9.17) is 16.3 Å². The normalized spacial score (nSPS) is 17.7. The highest BCUT2D eigenvalue weighted by Crippen LogP contribution is 2.26. The fourth-order valence-corrected chi connectivity index (χ4v) is 4.34. The van der Waals surface area contributed by atoms with Crippen molar-refractivity contribution in [1.82, 2.24) is 14.3 Å². The van der Waals surface area contributed by atoms with Gasteiger partial charge in [0, 0.05) is 38.0 Å². The molecule has 1 aliphatic rings. The Hall–Kier alpha value is -1.57. The van der Waals surface area contributed by atoms with Crippen LogP contribution in [0.3, 0.4) is 0 Å². The molecule has 0 bridgehead atoms. The quantitative estimate of drug-likeness (QED) is 0.891. The molecule has 2 heterocycles. The number of aryl methyl sites for hydroxylation is 1. The Labute approximate surface area is 140 Å². The van der Waals surface area contributed by atoms with Crippen molar-refractivity contribution in [2.45, 2.75) is 24.3 Å². The van der Waals surface area contributed by atoms with Gasteiger partial charge >= 0.3 is 0 Å². The molecule has 0 radical (unpaired) electrons. The molecule has 0 aliphatic carbocycles. The highest BCUT2D eigenvalue weighted by Gasteiger charge is 2.23. The summed E-state index contributed by atoms with van der Waals surface area (Å²) in [4.78, 5) is 4.33. The summed E-state index contributed by atoms with van der Waals surface area (Å²) in [7, 11) is -2.19. The molecule has 8 heteroatoms. The van der Waals surface area contributed by atoms with Gasteiger partial charge in [-0.3, -0.25) is 0 Å². The number of methoxy groups -OCH3 is 1. The molecule has 1 atom stereocenters. The van der Waals surface area contributed by atoms with Crippen LogP contribution in [0.4, 0.5) is 0 Å². The van der Waals surface area contributed by atoms with Crippen molar-refractivity contribution in [1.29, 1.82) is 0 Å². The molecule has 1 aliphatic heterocycles. The first-order valence-electron chi connectivity index (χ1n) is 7.33. The summed E-state index contributed by atoms with van der Waals surface area (Å²) in [6.07, 6.45) is 5.41. The molecule has 6 nitrogen and oxygen atoms in total. The third kappa shape index (κ3) is 3.52. The van der Waals surface area contributed by atoms with Gasteiger partial charge in [-0.1, -0.05) is 11.6 Å². The smallest absolute Gasteiger partial charge is 0.242 e. The lowest BCUT2D eigenvalue weighted by Gasteiger charge is -2.23. The minimum atomic E-state index is -3.68. The van der Waals surface area contributed by atoms with Crippen LogP contribution in [0.1, 0.15) is 12.2 Å². The van der Waals surface area contributed by atoms with Crippen molar-refractivity contribution in [2.75, 3.05) is 13.7 Å². The molecule has 23 heavy (non-hydrogen) atoms. The van der Waals surface area contributed by atoms with Gasteiger partial charge in [-0.2, -0.15) is 0 Å². The number of imidazole rings is 1. The Bertz CT molecular complexity index is 804. The van der Waals surface area contributed by atoms with Gasteiger partial charge in [0.1, 0.15) is 16.5 Å². The van der Waals surface area contributed by atoms with E-state index in [1.54, 1.807) is 12.3 Å². The van der Waals surface area contributed by atoms with Crippen molar-refractivity contribution in [2.24, 2.45) is 5.92 Å². The maximum absolute atomic E-state index is 12.5. The van der Waals surface area contributed by atoms with E-state index >= 15 is 0 Å². The molecular weight excluding hydrogens is 338 g/mol. The molecular formula is C15H18ClN3O3S. The summed E-state index contributed by atoms with van der Waals surface area (Å²) in [5, 5.41) is 0.178. The molecule has 0 spiro atoms. The number of benzene rings is 1. The van der Waals surface area contributed by atoms with Crippen LogP contribution in [-0.2, 0) is 23.0 Å². The lowest BCUT2D eigenvalue weighted by atomic mass is 9.98. The number of ether oxygens (including phenoxy) is 1. The Kier molecular flexibility index (Phi) is 4.61. The van der Waals surface area contributed by atoms with Crippen LogP contribution in [0.15, 0.2) is 35.5 Å². The minimum absolute atomic E-state index is 0.0378. The zero-order valence-corrected chi connectivity index (χ0v) is 14.3. The van der Waals surface area contributed by atoms with E-state index < -0.39 is 10.0 Å². The van der Waals surface area contributed by atoms with Crippen LogP contribution in [0, 0.1) is 5.92 Å². The molecule has 0 saturated carbocycles. The predicted octanol–water partition coefficient (Wildman–Crippen LogP) is 2.09. The van der Waals surface area contributed by atoms with E-state index in [1.165, 1.54) is 19.2 Å².